The summed E-state index contributed by atoms with van der Waals surface area (Å²) in [5.74, 6) is 0.0384. The summed E-state index contributed by atoms with van der Waals surface area (Å²) < 4.78 is 1.69. The first-order chi connectivity index (χ1) is 11.8. The van der Waals surface area contributed by atoms with Crippen LogP contribution in [-0.2, 0) is 0 Å². The fourth-order valence-electron chi connectivity index (χ4n) is 2.77. The van der Waals surface area contributed by atoms with Gasteiger partial charge in [-0.1, -0.05) is 0 Å². The minimum Gasteiger partial charge on any atom is -0.366 e. The lowest BCUT2D eigenvalue weighted by atomic mass is 10.2. The van der Waals surface area contributed by atoms with Crippen molar-refractivity contribution in [3.63, 3.8) is 0 Å². The molecule has 0 unspecified atom stereocenters. The summed E-state index contributed by atoms with van der Waals surface area (Å²) in [7, 11) is 0. The van der Waals surface area contributed by atoms with Crippen molar-refractivity contribution in [3.05, 3.63) is 48.4 Å². The van der Waals surface area contributed by atoms with Crippen LogP contribution in [0.4, 0.5) is 11.6 Å². The van der Waals surface area contributed by atoms with Crippen molar-refractivity contribution in [2.24, 2.45) is 0 Å². The average molecular weight is 323 g/mol. The zero-order chi connectivity index (χ0) is 16.4. The summed E-state index contributed by atoms with van der Waals surface area (Å²) in [5, 5.41) is 10.4. The molecule has 1 fully saturated rings. The maximum Gasteiger partial charge on any atom is 0.258 e. The van der Waals surface area contributed by atoms with Crippen molar-refractivity contribution in [2.45, 2.75) is 0 Å². The molecule has 0 saturated carbocycles. The van der Waals surface area contributed by atoms with Crippen LogP contribution in [0.1, 0.15) is 10.4 Å². The van der Waals surface area contributed by atoms with Gasteiger partial charge in [-0.3, -0.25) is 15.1 Å². The molecule has 0 spiro atoms. The summed E-state index contributed by atoms with van der Waals surface area (Å²) in [6, 6.07) is 7.27. The van der Waals surface area contributed by atoms with Crippen molar-refractivity contribution in [3.8, 4) is 0 Å². The maximum absolute atomic E-state index is 12.2. The molecule has 0 bridgehead atoms. The van der Waals surface area contributed by atoms with E-state index >= 15 is 0 Å². The van der Waals surface area contributed by atoms with Gasteiger partial charge in [0.1, 0.15) is 0 Å². The van der Waals surface area contributed by atoms with E-state index < -0.39 is 0 Å². The summed E-state index contributed by atoms with van der Waals surface area (Å²) in [6.45, 7) is 3.73. The molecule has 0 atom stereocenters. The number of nitrogens with one attached hydrogen (secondary N) is 2. The van der Waals surface area contributed by atoms with Crippen LogP contribution in [0.15, 0.2) is 42.9 Å². The zero-order valence-electron chi connectivity index (χ0n) is 13.0. The Morgan fingerprint density at radius 2 is 1.96 bits per heavy atom. The first kappa shape index (κ1) is 14.6. The third-order valence-corrected chi connectivity index (χ3v) is 3.97. The number of aromatic nitrogens is 4. The highest BCUT2D eigenvalue weighted by atomic mass is 16.1. The smallest absolute Gasteiger partial charge is 0.258 e. The number of rotatable bonds is 3. The summed E-state index contributed by atoms with van der Waals surface area (Å²) in [4.78, 5) is 22.9. The minimum atomic E-state index is -0.253. The topological polar surface area (TPSA) is 87.5 Å². The predicted octanol–water partition coefficient (Wildman–Crippen LogP) is 0.786. The van der Waals surface area contributed by atoms with Gasteiger partial charge < -0.3 is 10.2 Å². The third-order valence-electron chi connectivity index (χ3n) is 3.97. The van der Waals surface area contributed by atoms with Crippen molar-refractivity contribution < 1.29 is 4.79 Å². The fraction of sp³-hybridized carbons (Fsp3) is 0.250. The van der Waals surface area contributed by atoms with Crippen LogP contribution >= 0.6 is 0 Å². The van der Waals surface area contributed by atoms with Gasteiger partial charge in [0.25, 0.3) is 5.91 Å². The van der Waals surface area contributed by atoms with Crippen LogP contribution in [0.25, 0.3) is 5.65 Å². The SMILES string of the molecule is O=C(Nc1nc2c(N3CCNCC3)cccn2n1)c1ccncc1. The van der Waals surface area contributed by atoms with Crippen LogP contribution in [0, 0.1) is 0 Å². The van der Waals surface area contributed by atoms with Crippen molar-refractivity contribution in [1.29, 1.82) is 0 Å². The van der Waals surface area contributed by atoms with Crippen LogP contribution in [-0.4, -0.2) is 51.7 Å². The van der Waals surface area contributed by atoms with Gasteiger partial charge in [-0.2, -0.15) is 4.98 Å². The Balaban J connectivity index is 1.62. The molecule has 0 radical (unpaired) electrons. The molecule has 4 rings (SSSR count). The van der Waals surface area contributed by atoms with Crippen molar-refractivity contribution in [2.75, 3.05) is 36.4 Å². The van der Waals surface area contributed by atoms with Gasteiger partial charge in [-0.25, -0.2) is 4.52 Å². The summed E-state index contributed by atoms with van der Waals surface area (Å²) >= 11 is 0. The molecule has 2 N–H and O–H groups in total. The lowest BCUT2D eigenvalue weighted by Gasteiger charge is -2.29. The van der Waals surface area contributed by atoms with E-state index in [0.29, 0.717) is 11.5 Å². The molecule has 1 aliphatic heterocycles. The minimum absolute atomic E-state index is 0.253. The zero-order valence-corrected chi connectivity index (χ0v) is 13.0. The van der Waals surface area contributed by atoms with E-state index in [0.717, 1.165) is 37.5 Å². The number of carbonyl (C=O) groups is 1. The largest absolute Gasteiger partial charge is 0.366 e. The van der Waals surface area contributed by atoms with Crippen LogP contribution in [0.3, 0.4) is 0 Å². The predicted molar refractivity (Wildman–Crippen MR) is 90.3 cm³/mol. The van der Waals surface area contributed by atoms with Gasteiger partial charge in [0.15, 0.2) is 5.65 Å². The molecule has 3 aromatic heterocycles. The van der Waals surface area contributed by atoms with E-state index in [1.54, 1.807) is 29.0 Å². The Labute approximate surface area is 138 Å². The summed E-state index contributed by atoms with van der Waals surface area (Å²) in [5.41, 5.74) is 2.28. The Kier molecular flexibility index (Phi) is 3.80. The van der Waals surface area contributed by atoms with Crippen LogP contribution in [0.5, 0.6) is 0 Å². The van der Waals surface area contributed by atoms with E-state index in [4.69, 9.17) is 0 Å². The van der Waals surface area contributed by atoms with E-state index in [-0.39, 0.29) is 5.91 Å². The van der Waals surface area contributed by atoms with Gasteiger partial charge in [0, 0.05) is 50.3 Å². The van der Waals surface area contributed by atoms with E-state index in [9.17, 15) is 4.79 Å². The molecule has 4 heterocycles. The Morgan fingerprint density at radius 1 is 1.17 bits per heavy atom. The lowest BCUT2D eigenvalue weighted by molar-refractivity contribution is 0.102. The van der Waals surface area contributed by atoms with E-state index in [1.807, 2.05) is 18.3 Å². The van der Waals surface area contributed by atoms with Gasteiger partial charge in [0.05, 0.1) is 5.69 Å². The van der Waals surface area contributed by atoms with Crippen molar-refractivity contribution >= 4 is 23.2 Å². The first-order valence-corrected chi connectivity index (χ1v) is 7.84. The van der Waals surface area contributed by atoms with Crippen LogP contribution in [0.2, 0.25) is 0 Å². The average Bonchev–Trinajstić information content (AvgIpc) is 3.05. The van der Waals surface area contributed by atoms with E-state index in [2.05, 4.69) is 30.6 Å². The van der Waals surface area contributed by atoms with Gasteiger partial charge in [-0.05, 0) is 24.3 Å². The maximum atomic E-state index is 12.2. The molecule has 0 aromatic carbocycles. The lowest BCUT2D eigenvalue weighted by Crippen LogP contribution is -2.43. The number of hydrogen-bond donors (Lipinski definition) is 2. The highest BCUT2D eigenvalue weighted by molar-refractivity contribution is 6.03. The highest BCUT2D eigenvalue weighted by Crippen LogP contribution is 2.21. The number of carbonyl (C=O) groups excluding carboxylic acids is 1. The number of piperazine rings is 1. The molecule has 1 saturated heterocycles. The number of anilines is 2. The normalized spacial score (nSPS) is 14.8. The van der Waals surface area contributed by atoms with Gasteiger partial charge >= 0.3 is 0 Å². The molecule has 1 aliphatic rings. The van der Waals surface area contributed by atoms with Gasteiger partial charge in [-0.15, -0.1) is 5.10 Å². The molecule has 0 aliphatic carbocycles. The number of hydrogen-bond acceptors (Lipinski definition) is 6. The van der Waals surface area contributed by atoms with Crippen LogP contribution < -0.4 is 15.5 Å². The molecular formula is C16H17N7O. The Morgan fingerprint density at radius 3 is 2.75 bits per heavy atom. The fourth-order valence-corrected chi connectivity index (χ4v) is 2.77. The monoisotopic (exact) mass is 323 g/mol. The molecule has 24 heavy (non-hydrogen) atoms. The number of pyridine rings is 2. The molecule has 8 heteroatoms. The second-order valence-corrected chi connectivity index (χ2v) is 5.52. The molecule has 1 amide bonds. The Hall–Kier alpha value is -3.00. The standard InChI is InChI=1S/C16H17N7O/c24-15(12-3-5-17-6-4-12)20-16-19-14-13(2-1-9-23(14)21-16)22-10-7-18-8-11-22/h1-6,9,18H,7-8,10-11H2,(H,20,21,24). The third kappa shape index (κ3) is 2.79. The number of amides is 1. The Bertz CT molecular complexity index is 855. The number of nitrogens with zero attached hydrogens (tertiary/aromatic N) is 5. The number of fused-ring (bicyclic) bond motifs is 1. The van der Waals surface area contributed by atoms with E-state index in [1.165, 1.54) is 0 Å². The summed E-state index contributed by atoms with van der Waals surface area (Å²) in [6.07, 6.45) is 4.99. The highest BCUT2D eigenvalue weighted by Gasteiger charge is 2.17. The molecule has 8 nitrogen and oxygen atoms in total. The quantitative estimate of drug-likeness (QED) is 0.741. The molecule has 3 aromatic rings. The van der Waals surface area contributed by atoms with Gasteiger partial charge in [0.2, 0.25) is 5.95 Å². The first-order valence-electron chi connectivity index (χ1n) is 7.84. The molecular weight excluding hydrogens is 306 g/mol. The second-order valence-electron chi connectivity index (χ2n) is 5.52. The van der Waals surface area contributed by atoms with Crippen molar-refractivity contribution in [1.82, 2.24) is 24.9 Å². The molecule has 122 valence electrons. The second kappa shape index (κ2) is 6.25.